The first-order valence-corrected chi connectivity index (χ1v) is 10.1. The molecule has 2 aromatic rings. The average molecular weight is 381 g/mol. The number of aliphatic imine (C=N–C) groups is 1. The molecular weight excluding hydrogens is 348 g/mol. The highest BCUT2D eigenvalue weighted by molar-refractivity contribution is 5.79. The summed E-state index contributed by atoms with van der Waals surface area (Å²) in [4.78, 5) is 6.83. The third kappa shape index (κ3) is 5.41. The van der Waals surface area contributed by atoms with E-state index in [2.05, 4.69) is 76.0 Å². The second kappa shape index (κ2) is 10.0. The number of rotatable bonds is 7. The molecule has 1 fully saturated rings. The number of hydrogen-bond acceptors (Lipinski definition) is 3. The minimum atomic E-state index is 0.639. The van der Waals surface area contributed by atoms with Gasteiger partial charge in [-0.1, -0.05) is 30.3 Å². The van der Waals surface area contributed by atoms with E-state index in [1.165, 1.54) is 17.7 Å². The molecule has 150 valence electrons. The summed E-state index contributed by atoms with van der Waals surface area (Å²) >= 11 is 0. The van der Waals surface area contributed by atoms with E-state index in [9.17, 15) is 0 Å². The monoisotopic (exact) mass is 380 g/mol. The Bertz CT molecular complexity index is 775. The number of nitrogens with one attached hydrogen (secondary N) is 2. The van der Waals surface area contributed by atoms with Crippen LogP contribution in [0.4, 0.5) is 5.69 Å². The summed E-state index contributed by atoms with van der Waals surface area (Å²) in [6.07, 6.45) is 2.14. The van der Waals surface area contributed by atoms with Crippen LogP contribution in [-0.4, -0.2) is 46.3 Å². The lowest BCUT2D eigenvalue weighted by atomic mass is 10.1. The van der Waals surface area contributed by atoms with Gasteiger partial charge in [0.05, 0.1) is 7.11 Å². The van der Waals surface area contributed by atoms with Gasteiger partial charge in [-0.15, -0.1) is 0 Å². The molecular formula is C23H32N4O. The fourth-order valence-corrected chi connectivity index (χ4v) is 3.68. The summed E-state index contributed by atoms with van der Waals surface area (Å²) in [6, 6.07) is 17.1. The Hall–Kier alpha value is -2.69. The van der Waals surface area contributed by atoms with Crippen molar-refractivity contribution in [1.29, 1.82) is 0 Å². The van der Waals surface area contributed by atoms with Crippen LogP contribution in [0.5, 0.6) is 5.75 Å². The normalized spacial score (nSPS) is 16.9. The molecule has 1 unspecified atom stereocenters. The van der Waals surface area contributed by atoms with Crippen LogP contribution in [0, 0.1) is 12.8 Å². The van der Waals surface area contributed by atoms with E-state index in [4.69, 9.17) is 4.74 Å². The molecule has 0 spiro atoms. The van der Waals surface area contributed by atoms with Crippen molar-refractivity contribution < 1.29 is 4.74 Å². The molecule has 0 aromatic heterocycles. The molecule has 2 aromatic carbocycles. The van der Waals surface area contributed by atoms with Crippen molar-refractivity contribution in [3.8, 4) is 5.75 Å². The van der Waals surface area contributed by atoms with Crippen molar-refractivity contribution >= 4 is 11.6 Å². The van der Waals surface area contributed by atoms with E-state index in [1.54, 1.807) is 7.11 Å². The quantitative estimate of drug-likeness (QED) is 0.572. The Kier molecular flexibility index (Phi) is 7.18. The molecule has 5 heteroatoms. The van der Waals surface area contributed by atoms with Crippen molar-refractivity contribution in [3.05, 3.63) is 59.7 Å². The maximum atomic E-state index is 5.41. The average Bonchev–Trinajstić information content (AvgIpc) is 3.21. The number of anilines is 1. The van der Waals surface area contributed by atoms with E-state index in [1.807, 2.05) is 7.05 Å². The Morgan fingerprint density at radius 1 is 1.18 bits per heavy atom. The number of benzene rings is 2. The van der Waals surface area contributed by atoms with Gasteiger partial charge in [-0.25, -0.2) is 0 Å². The smallest absolute Gasteiger partial charge is 0.190 e. The van der Waals surface area contributed by atoms with Crippen LogP contribution in [0.1, 0.15) is 17.5 Å². The number of ether oxygens (including phenoxy) is 1. The van der Waals surface area contributed by atoms with Gasteiger partial charge in [-0.2, -0.15) is 0 Å². The number of guanidine groups is 1. The Morgan fingerprint density at radius 3 is 2.75 bits per heavy atom. The zero-order valence-corrected chi connectivity index (χ0v) is 17.2. The zero-order chi connectivity index (χ0) is 19.8. The highest BCUT2D eigenvalue weighted by Gasteiger charge is 2.22. The Balaban J connectivity index is 1.40. The Morgan fingerprint density at radius 2 is 2.00 bits per heavy atom. The van der Waals surface area contributed by atoms with Gasteiger partial charge in [-0.3, -0.25) is 4.99 Å². The minimum Gasteiger partial charge on any atom is -0.496 e. The van der Waals surface area contributed by atoms with Crippen molar-refractivity contribution in [2.24, 2.45) is 10.9 Å². The van der Waals surface area contributed by atoms with Crippen molar-refractivity contribution in [2.75, 3.05) is 45.2 Å². The molecule has 0 bridgehead atoms. The third-order valence-corrected chi connectivity index (χ3v) is 5.37. The van der Waals surface area contributed by atoms with Gasteiger partial charge in [0.25, 0.3) is 0 Å². The second-order valence-corrected chi connectivity index (χ2v) is 7.37. The van der Waals surface area contributed by atoms with Crippen LogP contribution in [0.25, 0.3) is 0 Å². The van der Waals surface area contributed by atoms with Crippen LogP contribution in [0.2, 0.25) is 0 Å². The molecule has 0 saturated carbocycles. The van der Waals surface area contributed by atoms with Gasteiger partial charge in [0, 0.05) is 38.9 Å². The maximum Gasteiger partial charge on any atom is 0.190 e. The molecule has 5 nitrogen and oxygen atoms in total. The zero-order valence-electron chi connectivity index (χ0n) is 17.2. The molecule has 1 saturated heterocycles. The number of nitrogens with zero attached hydrogens (tertiary/aromatic N) is 2. The first kappa shape index (κ1) is 20.1. The van der Waals surface area contributed by atoms with Crippen LogP contribution >= 0.6 is 0 Å². The lowest BCUT2D eigenvalue weighted by Crippen LogP contribution is -2.41. The third-order valence-electron chi connectivity index (χ3n) is 5.37. The van der Waals surface area contributed by atoms with E-state index in [0.717, 1.165) is 49.9 Å². The second-order valence-electron chi connectivity index (χ2n) is 7.37. The molecule has 0 radical (unpaired) electrons. The van der Waals surface area contributed by atoms with Crippen LogP contribution in [-0.2, 0) is 6.42 Å². The van der Waals surface area contributed by atoms with E-state index >= 15 is 0 Å². The Labute approximate surface area is 168 Å². The number of hydrogen-bond donors (Lipinski definition) is 2. The van der Waals surface area contributed by atoms with Gasteiger partial charge in [0.15, 0.2) is 5.96 Å². The molecule has 1 aliphatic rings. The highest BCUT2D eigenvalue weighted by Crippen LogP contribution is 2.23. The number of aryl methyl sites for hydroxylation is 1. The first-order chi connectivity index (χ1) is 13.7. The van der Waals surface area contributed by atoms with Crippen LogP contribution in [0.3, 0.4) is 0 Å². The number of methoxy groups -OCH3 is 1. The van der Waals surface area contributed by atoms with Gasteiger partial charge in [-0.05, 0) is 55.0 Å². The predicted molar refractivity (Wildman–Crippen MR) is 118 cm³/mol. The predicted octanol–water partition coefficient (Wildman–Crippen LogP) is 3.24. The summed E-state index contributed by atoms with van der Waals surface area (Å²) in [5.41, 5.74) is 3.75. The van der Waals surface area contributed by atoms with Crippen LogP contribution in [0.15, 0.2) is 53.5 Å². The summed E-state index contributed by atoms with van der Waals surface area (Å²) in [5, 5.41) is 6.91. The fourth-order valence-electron chi connectivity index (χ4n) is 3.68. The molecule has 1 aliphatic heterocycles. The largest absolute Gasteiger partial charge is 0.496 e. The molecule has 0 amide bonds. The fraction of sp³-hybridized carbons (Fsp3) is 0.435. The topological polar surface area (TPSA) is 48.9 Å². The lowest BCUT2D eigenvalue weighted by Gasteiger charge is -2.19. The molecule has 1 heterocycles. The van der Waals surface area contributed by atoms with Gasteiger partial charge in [0.2, 0.25) is 0 Å². The molecule has 0 aliphatic carbocycles. The summed E-state index contributed by atoms with van der Waals surface area (Å²) in [7, 11) is 3.55. The standard InChI is InChI=1S/C23H32N4O/c1-18-9-10-19(15-22(18)28-3)11-13-25-23(24-2)26-16-20-12-14-27(17-20)21-7-5-4-6-8-21/h4-10,15,20H,11-14,16-17H2,1-3H3,(H2,24,25,26). The van der Waals surface area contributed by atoms with E-state index in [0.29, 0.717) is 5.92 Å². The van der Waals surface area contributed by atoms with Crippen LogP contribution < -0.4 is 20.3 Å². The lowest BCUT2D eigenvalue weighted by molar-refractivity contribution is 0.411. The van der Waals surface area contributed by atoms with Crippen molar-refractivity contribution in [2.45, 2.75) is 19.8 Å². The maximum absolute atomic E-state index is 5.41. The summed E-state index contributed by atoms with van der Waals surface area (Å²) < 4.78 is 5.41. The molecule has 28 heavy (non-hydrogen) atoms. The van der Waals surface area contributed by atoms with Crippen molar-refractivity contribution in [1.82, 2.24) is 10.6 Å². The number of para-hydroxylation sites is 1. The minimum absolute atomic E-state index is 0.639. The van der Waals surface area contributed by atoms with Crippen molar-refractivity contribution in [3.63, 3.8) is 0 Å². The highest BCUT2D eigenvalue weighted by atomic mass is 16.5. The van der Waals surface area contributed by atoms with Gasteiger partial charge in [0.1, 0.15) is 5.75 Å². The van der Waals surface area contributed by atoms with E-state index < -0.39 is 0 Å². The van der Waals surface area contributed by atoms with Gasteiger partial charge >= 0.3 is 0 Å². The summed E-state index contributed by atoms with van der Waals surface area (Å²) in [5.74, 6) is 2.46. The molecule has 2 N–H and O–H groups in total. The molecule has 3 rings (SSSR count). The first-order valence-electron chi connectivity index (χ1n) is 10.1. The van der Waals surface area contributed by atoms with E-state index in [-0.39, 0.29) is 0 Å². The van der Waals surface area contributed by atoms with Gasteiger partial charge < -0.3 is 20.3 Å². The molecule has 1 atom stereocenters. The SMILES string of the molecule is CN=C(NCCc1ccc(C)c(OC)c1)NCC1CCN(c2ccccc2)C1. The summed E-state index contributed by atoms with van der Waals surface area (Å²) in [6.45, 7) is 6.07.